The zero-order valence-corrected chi connectivity index (χ0v) is 12.1. The summed E-state index contributed by atoms with van der Waals surface area (Å²) in [7, 11) is 1.44. The Hall–Kier alpha value is -1.00. The van der Waals surface area contributed by atoms with Gasteiger partial charge in [0.25, 0.3) is 0 Å². The largest absolute Gasteiger partial charge is 0.469 e. The maximum Gasteiger partial charge on any atom is 0.309 e. The van der Waals surface area contributed by atoms with E-state index in [1.807, 2.05) is 18.3 Å². The third kappa shape index (κ3) is 3.27. The van der Waals surface area contributed by atoms with Gasteiger partial charge in [-0.25, -0.2) is 0 Å². The van der Waals surface area contributed by atoms with E-state index in [1.54, 1.807) is 11.8 Å². The van der Waals surface area contributed by atoms with Gasteiger partial charge in [0.1, 0.15) is 0 Å². The zero-order chi connectivity index (χ0) is 13.0. The highest BCUT2D eigenvalue weighted by atomic mass is 32.2. The van der Waals surface area contributed by atoms with Gasteiger partial charge in [0.15, 0.2) is 0 Å². The highest BCUT2D eigenvalue weighted by Crippen LogP contribution is 2.28. The standard InChI is InChI=1S/C14H16O2S2/c1-10(14(15)16-2)8-17-9-12-7-11-5-3-4-6-13(11)18-12/h3-7,10H,8-9H2,1-2H3/t10-/m0/s1. The van der Waals surface area contributed by atoms with Gasteiger partial charge in [-0.15, -0.1) is 11.3 Å². The monoisotopic (exact) mass is 280 g/mol. The van der Waals surface area contributed by atoms with Gasteiger partial charge in [-0.05, 0) is 17.5 Å². The molecule has 4 heteroatoms. The minimum absolute atomic E-state index is 0.0330. The lowest BCUT2D eigenvalue weighted by molar-refractivity contribution is -0.143. The normalized spacial score (nSPS) is 12.6. The second kappa shape index (κ2) is 6.25. The van der Waals surface area contributed by atoms with Crippen LogP contribution >= 0.6 is 23.1 Å². The predicted molar refractivity (Wildman–Crippen MR) is 79.2 cm³/mol. The van der Waals surface area contributed by atoms with Crippen LogP contribution in [0, 0.1) is 5.92 Å². The molecule has 1 aromatic heterocycles. The molecule has 2 rings (SSSR count). The van der Waals surface area contributed by atoms with E-state index in [1.165, 1.54) is 22.1 Å². The van der Waals surface area contributed by atoms with Crippen LogP contribution in [0.1, 0.15) is 11.8 Å². The predicted octanol–water partition coefficient (Wildman–Crippen LogP) is 3.94. The van der Waals surface area contributed by atoms with Gasteiger partial charge in [-0.3, -0.25) is 4.79 Å². The number of rotatable bonds is 5. The third-order valence-electron chi connectivity index (χ3n) is 2.69. The average molecular weight is 280 g/mol. The first-order chi connectivity index (χ1) is 8.70. The van der Waals surface area contributed by atoms with E-state index < -0.39 is 0 Å². The van der Waals surface area contributed by atoms with Crippen LogP contribution < -0.4 is 0 Å². The topological polar surface area (TPSA) is 26.3 Å². The van der Waals surface area contributed by atoms with E-state index in [9.17, 15) is 4.79 Å². The average Bonchev–Trinajstić information content (AvgIpc) is 2.80. The minimum atomic E-state index is -0.126. The molecule has 1 heterocycles. The second-order valence-electron chi connectivity index (χ2n) is 4.19. The van der Waals surface area contributed by atoms with Crippen molar-refractivity contribution in [2.75, 3.05) is 12.9 Å². The number of thioether (sulfide) groups is 1. The Morgan fingerprint density at radius 2 is 2.22 bits per heavy atom. The summed E-state index contributed by atoms with van der Waals surface area (Å²) >= 11 is 3.61. The van der Waals surface area contributed by atoms with E-state index in [4.69, 9.17) is 4.74 Å². The lowest BCUT2D eigenvalue weighted by Gasteiger charge is -2.07. The van der Waals surface area contributed by atoms with Crippen molar-refractivity contribution in [2.24, 2.45) is 5.92 Å². The molecule has 96 valence electrons. The lowest BCUT2D eigenvalue weighted by Crippen LogP contribution is -2.14. The van der Waals surface area contributed by atoms with Gasteiger partial charge in [0.05, 0.1) is 13.0 Å². The Labute approximate surface area is 115 Å². The van der Waals surface area contributed by atoms with E-state index >= 15 is 0 Å². The Bertz CT molecular complexity index is 500. The maximum absolute atomic E-state index is 11.3. The van der Waals surface area contributed by atoms with Crippen molar-refractivity contribution in [1.29, 1.82) is 0 Å². The van der Waals surface area contributed by atoms with E-state index in [2.05, 4.69) is 30.3 Å². The number of thiophene rings is 1. The highest BCUT2D eigenvalue weighted by molar-refractivity contribution is 7.98. The van der Waals surface area contributed by atoms with Crippen molar-refractivity contribution in [1.82, 2.24) is 0 Å². The summed E-state index contributed by atoms with van der Waals surface area (Å²) in [6, 6.07) is 10.6. The first-order valence-electron chi connectivity index (χ1n) is 5.83. The van der Waals surface area contributed by atoms with Crippen molar-refractivity contribution in [3.8, 4) is 0 Å². The first-order valence-corrected chi connectivity index (χ1v) is 7.81. The van der Waals surface area contributed by atoms with Crippen LogP contribution in [0.2, 0.25) is 0 Å². The Morgan fingerprint density at radius 1 is 1.44 bits per heavy atom. The van der Waals surface area contributed by atoms with Crippen LogP contribution in [-0.2, 0) is 15.3 Å². The molecule has 0 spiro atoms. The molecule has 2 aromatic rings. The number of fused-ring (bicyclic) bond motifs is 1. The van der Waals surface area contributed by atoms with Crippen molar-refractivity contribution in [2.45, 2.75) is 12.7 Å². The summed E-state index contributed by atoms with van der Waals surface area (Å²) in [6.45, 7) is 1.91. The summed E-state index contributed by atoms with van der Waals surface area (Å²) in [5.74, 6) is 1.61. The molecular weight excluding hydrogens is 264 g/mol. The lowest BCUT2D eigenvalue weighted by atomic mass is 10.2. The number of benzene rings is 1. The summed E-state index contributed by atoms with van der Waals surface area (Å²) in [5.41, 5.74) is 0. The summed E-state index contributed by atoms with van der Waals surface area (Å²) < 4.78 is 6.04. The van der Waals surface area contributed by atoms with Gasteiger partial charge in [-0.2, -0.15) is 11.8 Å². The third-order valence-corrected chi connectivity index (χ3v) is 5.24. The van der Waals surface area contributed by atoms with Crippen LogP contribution in [0.3, 0.4) is 0 Å². The number of hydrogen-bond acceptors (Lipinski definition) is 4. The number of carbonyl (C=O) groups is 1. The summed E-state index contributed by atoms with van der Waals surface area (Å²) in [6.07, 6.45) is 0. The summed E-state index contributed by atoms with van der Waals surface area (Å²) in [4.78, 5) is 12.6. The molecule has 0 radical (unpaired) electrons. The minimum Gasteiger partial charge on any atom is -0.469 e. The van der Waals surface area contributed by atoms with Gasteiger partial charge in [-0.1, -0.05) is 25.1 Å². The Morgan fingerprint density at radius 3 is 2.94 bits per heavy atom. The molecule has 0 aliphatic heterocycles. The molecule has 0 saturated heterocycles. The number of hydrogen-bond donors (Lipinski definition) is 0. The molecule has 0 fully saturated rings. The van der Waals surface area contributed by atoms with Gasteiger partial charge < -0.3 is 4.74 Å². The number of esters is 1. The van der Waals surface area contributed by atoms with Gasteiger partial charge in [0, 0.05) is 21.1 Å². The molecule has 0 unspecified atom stereocenters. The first kappa shape index (κ1) is 13.4. The van der Waals surface area contributed by atoms with Crippen molar-refractivity contribution < 1.29 is 9.53 Å². The van der Waals surface area contributed by atoms with Gasteiger partial charge in [0.2, 0.25) is 0 Å². The van der Waals surface area contributed by atoms with E-state index in [0.29, 0.717) is 0 Å². The SMILES string of the molecule is COC(=O)[C@@H](C)CSCc1cc2ccccc2s1. The molecule has 18 heavy (non-hydrogen) atoms. The van der Waals surface area contributed by atoms with Crippen LogP contribution in [0.5, 0.6) is 0 Å². The van der Waals surface area contributed by atoms with Crippen LogP contribution in [0.4, 0.5) is 0 Å². The Kier molecular flexibility index (Phi) is 4.66. The molecule has 0 aliphatic carbocycles. The maximum atomic E-state index is 11.3. The van der Waals surface area contributed by atoms with Crippen molar-refractivity contribution in [3.05, 3.63) is 35.2 Å². The quantitative estimate of drug-likeness (QED) is 0.776. The van der Waals surface area contributed by atoms with E-state index in [0.717, 1.165) is 11.5 Å². The fourth-order valence-corrected chi connectivity index (χ4v) is 3.95. The molecular formula is C14H16O2S2. The summed E-state index contributed by atoms with van der Waals surface area (Å²) in [5, 5.41) is 1.30. The molecule has 1 atom stereocenters. The fourth-order valence-electron chi connectivity index (χ4n) is 1.71. The molecule has 0 aliphatic rings. The highest BCUT2D eigenvalue weighted by Gasteiger charge is 2.12. The van der Waals surface area contributed by atoms with E-state index in [-0.39, 0.29) is 11.9 Å². The number of carbonyl (C=O) groups excluding carboxylic acids is 1. The molecule has 0 bridgehead atoms. The van der Waals surface area contributed by atoms with Crippen molar-refractivity contribution >= 4 is 39.2 Å². The van der Waals surface area contributed by atoms with Crippen LogP contribution in [0.15, 0.2) is 30.3 Å². The second-order valence-corrected chi connectivity index (χ2v) is 6.39. The number of methoxy groups -OCH3 is 1. The van der Waals surface area contributed by atoms with Gasteiger partial charge >= 0.3 is 5.97 Å². The van der Waals surface area contributed by atoms with Crippen LogP contribution in [-0.4, -0.2) is 18.8 Å². The van der Waals surface area contributed by atoms with Crippen molar-refractivity contribution in [3.63, 3.8) is 0 Å². The smallest absolute Gasteiger partial charge is 0.309 e. The molecule has 0 N–H and O–H groups in total. The number of ether oxygens (including phenoxy) is 1. The molecule has 1 aromatic carbocycles. The molecule has 0 amide bonds. The fraction of sp³-hybridized carbons (Fsp3) is 0.357. The molecule has 2 nitrogen and oxygen atoms in total. The zero-order valence-electron chi connectivity index (χ0n) is 10.5. The van der Waals surface area contributed by atoms with Crippen LogP contribution in [0.25, 0.3) is 10.1 Å². The molecule has 0 saturated carbocycles. The Balaban J connectivity index is 1.88.